The molecule has 0 bridgehead atoms. The van der Waals surface area contributed by atoms with Gasteiger partial charge >= 0.3 is 0 Å². The summed E-state index contributed by atoms with van der Waals surface area (Å²) in [4.78, 5) is 6.62. The molecule has 0 spiro atoms. The molecule has 2 rings (SSSR count). The van der Waals surface area contributed by atoms with Gasteiger partial charge in [-0.05, 0) is 36.8 Å². The summed E-state index contributed by atoms with van der Waals surface area (Å²) in [5, 5.41) is 3.56. The summed E-state index contributed by atoms with van der Waals surface area (Å²) in [6.45, 7) is 4.31. The third-order valence-corrected chi connectivity index (χ3v) is 4.62. The molecule has 0 aliphatic heterocycles. The lowest BCUT2D eigenvalue weighted by atomic mass is 9.82. The zero-order valence-electron chi connectivity index (χ0n) is 14.0. The van der Waals surface area contributed by atoms with E-state index in [2.05, 4.69) is 59.1 Å². The third kappa shape index (κ3) is 4.51. The Balaban J connectivity index is 1.83. The number of guanidine groups is 1. The zero-order chi connectivity index (χ0) is 15.2. The number of aryl methyl sites for hydroxylation is 1. The summed E-state index contributed by atoms with van der Waals surface area (Å²) in [7, 11) is 6.06. The van der Waals surface area contributed by atoms with Crippen molar-refractivity contribution >= 4 is 5.96 Å². The molecule has 21 heavy (non-hydrogen) atoms. The molecule has 118 valence electrons. The zero-order valence-corrected chi connectivity index (χ0v) is 14.0. The van der Waals surface area contributed by atoms with Crippen molar-refractivity contribution in [1.82, 2.24) is 14.8 Å². The molecule has 2 atom stereocenters. The lowest BCUT2D eigenvalue weighted by Gasteiger charge is -2.29. The third-order valence-electron chi connectivity index (χ3n) is 4.62. The van der Waals surface area contributed by atoms with E-state index >= 15 is 0 Å². The van der Waals surface area contributed by atoms with Crippen LogP contribution in [0.1, 0.15) is 38.3 Å². The molecule has 1 aliphatic carbocycles. The van der Waals surface area contributed by atoms with Crippen LogP contribution in [0.2, 0.25) is 0 Å². The minimum atomic E-state index is 0.800. The van der Waals surface area contributed by atoms with Gasteiger partial charge in [0.05, 0.1) is 6.54 Å². The van der Waals surface area contributed by atoms with Gasteiger partial charge < -0.3 is 14.8 Å². The summed E-state index contributed by atoms with van der Waals surface area (Å²) < 4.78 is 2.16. The van der Waals surface area contributed by atoms with Crippen LogP contribution < -0.4 is 5.32 Å². The Hall–Kier alpha value is -1.45. The number of nitrogens with zero attached hydrogens (tertiary/aromatic N) is 3. The number of aromatic nitrogens is 1. The van der Waals surface area contributed by atoms with E-state index in [1.807, 2.05) is 7.05 Å². The molecular weight excluding hydrogens is 260 g/mol. The molecule has 1 heterocycles. The van der Waals surface area contributed by atoms with E-state index in [1.54, 1.807) is 0 Å². The first-order valence-corrected chi connectivity index (χ1v) is 8.12. The van der Waals surface area contributed by atoms with Gasteiger partial charge in [-0.3, -0.25) is 4.99 Å². The van der Waals surface area contributed by atoms with Crippen LogP contribution in [0.4, 0.5) is 0 Å². The quantitative estimate of drug-likeness (QED) is 0.683. The minimum absolute atomic E-state index is 0.800. The Kier molecular flexibility index (Phi) is 5.71. The fourth-order valence-electron chi connectivity index (χ4n) is 3.34. The van der Waals surface area contributed by atoms with E-state index in [4.69, 9.17) is 0 Å². The van der Waals surface area contributed by atoms with Gasteiger partial charge in [-0.15, -0.1) is 0 Å². The topological polar surface area (TPSA) is 32.6 Å². The predicted molar refractivity (Wildman–Crippen MR) is 89.4 cm³/mol. The number of hydrogen-bond donors (Lipinski definition) is 1. The largest absolute Gasteiger partial charge is 0.356 e. The molecule has 4 heteroatoms. The van der Waals surface area contributed by atoms with Gasteiger partial charge in [-0.1, -0.05) is 19.8 Å². The van der Waals surface area contributed by atoms with Crippen LogP contribution in [0.3, 0.4) is 0 Å². The van der Waals surface area contributed by atoms with E-state index in [0.717, 1.165) is 30.9 Å². The molecule has 0 radical (unpaired) electrons. The van der Waals surface area contributed by atoms with E-state index in [1.165, 1.54) is 31.4 Å². The minimum Gasteiger partial charge on any atom is -0.356 e. The second-order valence-corrected chi connectivity index (χ2v) is 6.53. The van der Waals surface area contributed by atoms with Crippen LogP contribution >= 0.6 is 0 Å². The van der Waals surface area contributed by atoms with Crippen molar-refractivity contribution < 1.29 is 0 Å². The predicted octanol–water partition coefficient (Wildman–Crippen LogP) is 2.86. The monoisotopic (exact) mass is 290 g/mol. The van der Waals surface area contributed by atoms with Crippen molar-refractivity contribution in [3.8, 4) is 0 Å². The Morgan fingerprint density at radius 1 is 1.48 bits per heavy atom. The summed E-state index contributed by atoms with van der Waals surface area (Å²) >= 11 is 0. The average Bonchev–Trinajstić information content (AvgIpc) is 2.85. The Bertz CT molecular complexity index is 463. The number of rotatable bonds is 4. The average molecular weight is 290 g/mol. The van der Waals surface area contributed by atoms with Gasteiger partial charge in [-0.2, -0.15) is 0 Å². The highest BCUT2D eigenvalue weighted by atomic mass is 15.3. The highest BCUT2D eigenvalue weighted by molar-refractivity contribution is 5.79. The Morgan fingerprint density at radius 3 is 2.90 bits per heavy atom. The Labute approximate surface area is 129 Å². The highest BCUT2D eigenvalue weighted by Crippen LogP contribution is 2.27. The molecule has 2 unspecified atom stereocenters. The lowest BCUT2D eigenvalue weighted by molar-refractivity contribution is 0.280. The molecule has 1 saturated carbocycles. The molecule has 1 fully saturated rings. The summed E-state index contributed by atoms with van der Waals surface area (Å²) in [5.74, 6) is 2.68. The van der Waals surface area contributed by atoms with Gasteiger partial charge in [0.25, 0.3) is 0 Å². The molecule has 1 aromatic heterocycles. The van der Waals surface area contributed by atoms with Gasteiger partial charge in [0.15, 0.2) is 5.96 Å². The Morgan fingerprint density at radius 2 is 2.29 bits per heavy atom. The normalized spacial score (nSPS) is 23.1. The van der Waals surface area contributed by atoms with Crippen LogP contribution in [0, 0.1) is 11.8 Å². The molecule has 4 nitrogen and oxygen atoms in total. The van der Waals surface area contributed by atoms with Crippen molar-refractivity contribution in [1.29, 1.82) is 0 Å². The summed E-state index contributed by atoms with van der Waals surface area (Å²) in [5.41, 5.74) is 1.30. The first kappa shape index (κ1) is 15.9. The first-order chi connectivity index (χ1) is 10.1. The van der Waals surface area contributed by atoms with E-state index < -0.39 is 0 Å². The smallest absolute Gasteiger partial charge is 0.193 e. The highest BCUT2D eigenvalue weighted by Gasteiger charge is 2.19. The number of hydrogen-bond acceptors (Lipinski definition) is 1. The van der Waals surface area contributed by atoms with Gasteiger partial charge in [0, 0.05) is 39.6 Å². The van der Waals surface area contributed by atoms with Crippen molar-refractivity contribution in [2.24, 2.45) is 23.9 Å². The van der Waals surface area contributed by atoms with Gasteiger partial charge in [0.1, 0.15) is 0 Å². The molecule has 1 aromatic rings. The standard InChI is InChI=1S/C17H30N4/c1-14-7-5-8-15(11-14)12-19-17(18-2)21(4)13-16-9-6-10-20(16)3/h6,9-10,14-15H,5,7-8,11-13H2,1-4H3,(H,18,19). The summed E-state index contributed by atoms with van der Waals surface area (Å²) in [6, 6.07) is 4.25. The van der Waals surface area contributed by atoms with Crippen LogP contribution in [-0.4, -0.2) is 36.1 Å². The molecule has 1 aliphatic rings. The molecule has 0 saturated heterocycles. The van der Waals surface area contributed by atoms with Crippen LogP contribution in [0.25, 0.3) is 0 Å². The van der Waals surface area contributed by atoms with Crippen molar-refractivity contribution in [2.45, 2.75) is 39.2 Å². The maximum atomic E-state index is 4.42. The first-order valence-electron chi connectivity index (χ1n) is 8.12. The lowest BCUT2D eigenvalue weighted by Crippen LogP contribution is -2.41. The van der Waals surface area contributed by atoms with Crippen LogP contribution in [-0.2, 0) is 13.6 Å². The molecule has 0 amide bonds. The maximum Gasteiger partial charge on any atom is 0.193 e. The van der Waals surface area contributed by atoms with Crippen molar-refractivity contribution in [3.63, 3.8) is 0 Å². The fraction of sp³-hybridized carbons (Fsp3) is 0.706. The SMILES string of the molecule is CN=C(NCC1CCCC(C)C1)N(C)Cc1cccn1C. The van der Waals surface area contributed by atoms with Gasteiger partial charge in [0.2, 0.25) is 0 Å². The molecule has 1 N–H and O–H groups in total. The maximum absolute atomic E-state index is 4.42. The fourth-order valence-corrected chi connectivity index (χ4v) is 3.34. The van der Waals surface area contributed by atoms with Crippen molar-refractivity contribution in [3.05, 3.63) is 24.0 Å². The van der Waals surface area contributed by atoms with Crippen molar-refractivity contribution in [2.75, 3.05) is 20.6 Å². The number of nitrogens with one attached hydrogen (secondary N) is 1. The van der Waals surface area contributed by atoms with E-state index in [-0.39, 0.29) is 0 Å². The molecular formula is C17H30N4. The van der Waals surface area contributed by atoms with E-state index in [0.29, 0.717) is 0 Å². The summed E-state index contributed by atoms with van der Waals surface area (Å²) in [6.07, 6.45) is 7.58. The van der Waals surface area contributed by atoms with E-state index in [9.17, 15) is 0 Å². The number of aliphatic imine (C=N–C) groups is 1. The molecule has 0 aromatic carbocycles. The van der Waals surface area contributed by atoms with Crippen LogP contribution in [0.15, 0.2) is 23.3 Å². The van der Waals surface area contributed by atoms with Gasteiger partial charge in [-0.25, -0.2) is 0 Å². The second-order valence-electron chi connectivity index (χ2n) is 6.53. The second kappa shape index (κ2) is 7.53. The van der Waals surface area contributed by atoms with Crippen LogP contribution in [0.5, 0.6) is 0 Å².